The molecule has 17 heavy (non-hydrogen) atoms. The maximum absolute atomic E-state index is 12.0. The number of ether oxygens (including phenoxy) is 1. The lowest BCUT2D eigenvalue weighted by Crippen LogP contribution is -2.19. The van der Waals surface area contributed by atoms with Gasteiger partial charge in [-0.25, -0.2) is 0 Å². The number of rotatable bonds is 4. The van der Waals surface area contributed by atoms with Crippen LogP contribution < -0.4 is 0 Å². The van der Waals surface area contributed by atoms with Crippen molar-refractivity contribution in [1.29, 1.82) is 0 Å². The molecule has 4 heteroatoms. The van der Waals surface area contributed by atoms with Gasteiger partial charge in [0.2, 0.25) is 0 Å². The van der Waals surface area contributed by atoms with Gasteiger partial charge in [-0.1, -0.05) is 0 Å². The van der Waals surface area contributed by atoms with Crippen LogP contribution in [0.4, 0.5) is 0 Å². The molecule has 1 aliphatic heterocycles. The molecule has 2 rings (SSSR count). The maximum Gasteiger partial charge on any atom is 0.172 e. The van der Waals surface area contributed by atoms with Crippen LogP contribution in [0.2, 0.25) is 0 Å². The second-order valence-electron chi connectivity index (χ2n) is 4.52. The lowest BCUT2D eigenvalue weighted by molar-refractivity contribution is 0.0105. The number of hydrogen-bond acceptors (Lipinski definition) is 3. The molecule has 1 saturated heterocycles. The van der Waals surface area contributed by atoms with Crippen molar-refractivity contribution >= 4 is 33.0 Å². The molecule has 1 atom stereocenters. The van der Waals surface area contributed by atoms with E-state index in [0.717, 1.165) is 33.7 Å². The third-order valence-corrected chi connectivity index (χ3v) is 5.28. The van der Waals surface area contributed by atoms with Crippen LogP contribution >= 0.6 is 27.3 Å². The molecule has 1 unspecified atom stereocenters. The van der Waals surface area contributed by atoms with Gasteiger partial charge in [-0.15, -0.1) is 11.3 Å². The average molecular weight is 317 g/mol. The molecule has 1 aliphatic rings. The summed E-state index contributed by atoms with van der Waals surface area (Å²) < 4.78 is 6.70. The Balaban J connectivity index is 1.84. The lowest BCUT2D eigenvalue weighted by Gasteiger charge is -2.21. The van der Waals surface area contributed by atoms with Crippen molar-refractivity contribution < 1.29 is 9.53 Å². The number of carbonyl (C=O) groups is 1. The van der Waals surface area contributed by atoms with Crippen molar-refractivity contribution in [2.45, 2.75) is 45.1 Å². The largest absolute Gasteiger partial charge is 0.378 e. The van der Waals surface area contributed by atoms with E-state index in [9.17, 15) is 4.79 Å². The summed E-state index contributed by atoms with van der Waals surface area (Å²) in [5.41, 5.74) is 1.15. The van der Waals surface area contributed by atoms with Crippen molar-refractivity contribution in [1.82, 2.24) is 0 Å². The predicted octanol–water partition coefficient (Wildman–Crippen LogP) is 4.35. The number of ketones is 1. The lowest BCUT2D eigenvalue weighted by atomic mass is 10.0. The first-order valence-corrected chi connectivity index (χ1v) is 7.68. The van der Waals surface area contributed by atoms with E-state index >= 15 is 0 Å². The zero-order chi connectivity index (χ0) is 12.3. The second-order valence-corrected chi connectivity index (χ2v) is 6.89. The highest BCUT2D eigenvalue weighted by Gasteiger charge is 2.17. The Bertz CT molecular complexity index is 375. The molecule has 0 spiro atoms. The summed E-state index contributed by atoms with van der Waals surface area (Å²) in [6, 6.07) is 1.97. The van der Waals surface area contributed by atoms with E-state index in [0.29, 0.717) is 12.5 Å². The molecular formula is C13H17BrO2S. The fourth-order valence-corrected chi connectivity index (χ4v) is 3.55. The Morgan fingerprint density at radius 3 is 3.00 bits per heavy atom. The Kier molecular flexibility index (Phi) is 4.77. The summed E-state index contributed by atoms with van der Waals surface area (Å²) in [5.74, 6) is 0.248. The zero-order valence-corrected chi connectivity index (χ0v) is 12.4. The van der Waals surface area contributed by atoms with Crippen LogP contribution in [-0.4, -0.2) is 18.5 Å². The maximum atomic E-state index is 12.0. The minimum atomic E-state index is 0.248. The SMILES string of the molecule is Cc1cc(C(=O)CCC2CCCCO2)sc1Br. The van der Waals surface area contributed by atoms with Gasteiger partial charge >= 0.3 is 0 Å². The van der Waals surface area contributed by atoms with E-state index in [1.165, 1.54) is 24.2 Å². The highest BCUT2D eigenvalue weighted by molar-refractivity contribution is 9.11. The van der Waals surface area contributed by atoms with Crippen LogP contribution in [0.15, 0.2) is 9.85 Å². The van der Waals surface area contributed by atoms with Gasteiger partial charge < -0.3 is 4.74 Å². The number of Topliss-reactive ketones (excluding diaryl/α,β-unsaturated/α-hetero) is 1. The smallest absolute Gasteiger partial charge is 0.172 e. The van der Waals surface area contributed by atoms with E-state index in [1.807, 2.05) is 13.0 Å². The van der Waals surface area contributed by atoms with Gasteiger partial charge in [0.15, 0.2) is 5.78 Å². The van der Waals surface area contributed by atoms with Crippen LogP contribution in [0.25, 0.3) is 0 Å². The van der Waals surface area contributed by atoms with Crippen molar-refractivity contribution in [3.05, 3.63) is 20.3 Å². The zero-order valence-electron chi connectivity index (χ0n) is 10.0. The first-order chi connectivity index (χ1) is 8.16. The quantitative estimate of drug-likeness (QED) is 0.772. The van der Waals surface area contributed by atoms with Gasteiger partial charge in [0.25, 0.3) is 0 Å². The second kappa shape index (κ2) is 6.12. The number of carbonyl (C=O) groups excluding carboxylic acids is 1. The van der Waals surface area contributed by atoms with E-state index in [2.05, 4.69) is 15.9 Å². The Morgan fingerprint density at radius 2 is 2.41 bits per heavy atom. The highest BCUT2D eigenvalue weighted by Crippen LogP contribution is 2.29. The fraction of sp³-hybridized carbons (Fsp3) is 0.615. The van der Waals surface area contributed by atoms with Crippen LogP contribution in [0.5, 0.6) is 0 Å². The molecular weight excluding hydrogens is 300 g/mol. The first-order valence-electron chi connectivity index (χ1n) is 6.07. The van der Waals surface area contributed by atoms with Gasteiger partial charge in [0.1, 0.15) is 0 Å². The molecule has 0 N–H and O–H groups in total. The third-order valence-electron chi connectivity index (χ3n) is 3.10. The third kappa shape index (κ3) is 3.63. The minimum Gasteiger partial charge on any atom is -0.378 e. The average Bonchev–Trinajstić information content (AvgIpc) is 2.68. The summed E-state index contributed by atoms with van der Waals surface area (Å²) in [6.07, 6.45) is 5.30. The van der Waals surface area contributed by atoms with Crippen molar-refractivity contribution in [3.8, 4) is 0 Å². The Labute approximate surface area is 114 Å². The van der Waals surface area contributed by atoms with E-state index in [-0.39, 0.29) is 5.78 Å². The standard InChI is InChI=1S/C13H17BrO2S/c1-9-8-12(17-13(9)14)11(15)6-5-10-4-2-3-7-16-10/h8,10H,2-7H2,1H3. The van der Waals surface area contributed by atoms with E-state index in [1.54, 1.807) is 0 Å². The van der Waals surface area contributed by atoms with Gasteiger partial charge in [-0.2, -0.15) is 0 Å². The predicted molar refractivity (Wildman–Crippen MR) is 73.9 cm³/mol. The summed E-state index contributed by atoms with van der Waals surface area (Å²) in [4.78, 5) is 12.9. The van der Waals surface area contributed by atoms with Gasteiger partial charge in [0.05, 0.1) is 14.8 Å². The molecule has 94 valence electrons. The molecule has 0 aromatic carbocycles. The number of halogens is 1. The van der Waals surface area contributed by atoms with Crippen molar-refractivity contribution in [2.24, 2.45) is 0 Å². The molecule has 0 bridgehead atoms. The van der Waals surface area contributed by atoms with Gasteiger partial charge in [0, 0.05) is 13.0 Å². The van der Waals surface area contributed by atoms with Crippen LogP contribution in [0, 0.1) is 6.92 Å². The van der Waals surface area contributed by atoms with Crippen LogP contribution in [0.3, 0.4) is 0 Å². The Hall–Kier alpha value is -0.190. The van der Waals surface area contributed by atoms with Gasteiger partial charge in [-0.05, 0) is 60.2 Å². The van der Waals surface area contributed by atoms with E-state index < -0.39 is 0 Å². The summed E-state index contributed by atoms with van der Waals surface area (Å²) in [6.45, 7) is 2.88. The summed E-state index contributed by atoms with van der Waals surface area (Å²) in [7, 11) is 0. The summed E-state index contributed by atoms with van der Waals surface area (Å²) >= 11 is 4.99. The van der Waals surface area contributed by atoms with E-state index in [4.69, 9.17) is 4.74 Å². The minimum absolute atomic E-state index is 0.248. The van der Waals surface area contributed by atoms with Crippen LogP contribution in [0.1, 0.15) is 47.3 Å². The van der Waals surface area contributed by atoms with Crippen molar-refractivity contribution in [2.75, 3.05) is 6.61 Å². The van der Waals surface area contributed by atoms with Gasteiger partial charge in [-0.3, -0.25) is 4.79 Å². The molecule has 0 aliphatic carbocycles. The molecule has 0 radical (unpaired) electrons. The number of thiophene rings is 1. The molecule has 1 aromatic heterocycles. The summed E-state index contributed by atoms with van der Waals surface area (Å²) in [5, 5.41) is 0. The first kappa shape index (κ1) is 13.2. The normalized spacial score (nSPS) is 20.5. The molecule has 0 saturated carbocycles. The molecule has 0 amide bonds. The highest BCUT2D eigenvalue weighted by atomic mass is 79.9. The molecule has 1 aromatic rings. The molecule has 1 fully saturated rings. The molecule has 2 heterocycles. The Morgan fingerprint density at radius 1 is 1.59 bits per heavy atom. The molecule has 2 nitrogen and oxygen atoms in total. The number of aryl methyl sites for hydroxylation is 1. The van der Waals surface area contributed by atoms with Crippen molar-refractivity contribution in [3.63, 3.8) is 0 Å². The fourth-order valence-electron chi connectivity index (χ4n) is 2.05. The topological polar surface area (TPSA) is 26.3 Å². The number of hydrogen-bond donors (Lipinski definition) is 0. The van der Waals surface area contributed by atoms with Crippen LogP contribution in [-0.2, 0) is 4.74 Å². The monoisotopic (exact) mass is 316 g/mol.